The van der Waals surface area contributed by atoms with Crippen molar-refractivity contribution in [1.29, 1.82) is 0 Å². The number of nitrogens with zero attached hydrogens (tertiary/aromatic N) is 2. The minimum Gasteiger partial charge on any atom is -0.348 e. The maximum absolute atomic E-state index is 11.2. The van der Waals surface area contributed by atoms with Crippen molar-refractivity contribution in [3.8, 4) is 0 Å². The molecular formula is C13H20N2OS. The normalized spacial score (nSPS) is 17.4. The summed E-state index contributed by atoms with van der Waals surface area (Å²) in [4.78, 5) is 18.7. The van der Waals surface area contributed by atoms with Gasteiger partial charge in [-0.25, -0.2) is 4.98 Å². The minimum atomic E-state index is 0.120. The third-order valence-electron chi connectivity index (χ3n) is 3.42. The van der Waals surface area contributed by atoms with Gasteiger partial charge in [-0.05, 0) is 18.8 Å². The molecule has 1 saturated heterocycles. The average molecular weight is 252 g/mol. The number of thiazole rings is 1. The van der Waals surface area contributed by atoms with Crippen molar-refractivity contribution in [3.63, 3.8) is 0 Å². The average Bonchev–Trinajstić information content (AvgIpc) is 2.80. The first-order valence-corrected chi connectivity index (χ1v) is 7.24. The first-order chi connectivity index (χ1) is 8.20. The zero-order valence-corrected chi connectivity index (χ0v) is 11.4. The van der Waals surface area contributed by atoms with Gasteiger partial charge in [-0.1, -0.05) is 31.1 Å². The van der Waals surface area contributed by atoms with E-state index in [4.69, 9.17) is 0 Å². The largest absolute Gasteiger partial charge is 0.348 e. The Morgan fingerprint density at radius 2 is 2.24 bits per heavy atom. The Kier molecular flexibility index (Phi) is 4.15. The summed E-state index contributed by atoms with van der Waals surface area (Å²) in [6, 6.07) is 0. The van der Waals surface area contributed by atoms with E-state index in [1.165, 1.54) is 37.0 Å². The number of anilines is 1. The number of aromatic nitrogens is 1. The zero-order chi connectivity index (χ0) is 12.3. The first-order valence-electron chi connectivity index (χ1n) is 6.42. The lowest BCUT2D eigenvalue weighted by molar-refractivity contribution is 0.102. The van der Waals surface area contributed by atoms with Crippen LogP contribution in [0.5, 0.6) is 0 Å². The van der Waals surface area contributed by atoms with Crippen LogP contribution in [-0.4, -0.2) is 23.9 Å². The first kappa shape index (κ1) is 12.6. The SMILES string of the molecule is CCCC1CCN(c2ncc(C(C)=O)s2)CC1. The molecule has 3 nitrogen and oxygen atoms in total. The van der Waals surface area contributed by atoms with Gasteiger partial charge in [-0.3, -0.25) is 4.79 Å². The highest BCUT2D eigenvalue weighted by molar-refractivity contribution is 7.17. The molecule has 0 atom stereocenters. The van der Waals surface area contributed by atoms with Gasteiger partial charge in [0.2, 0.25) is 0 Å². The lowest BCUT2D eigenvalue weighted by Crippen LogP contribution is -2.33. The Bertz CT molecular complexity index is 381. The molecule has 0 spiro atoms. The summed E-state index contributed by atoms with van der Waals surface area (Å²) in [6.45, 7) is 6.04. The summed E-state index contributed by atoms with van der Waals surface area (Å²) in [5, 5.41) is 1.02. The second-order valence-electron chi connectivity index (χ2n) is 4.78. The van der Waals surface area contributed by atoms with Crippen LogP contribution in [0.25, 0.3) is 0 Å². The van der Waals surface area contributed by atoms with Crippen molar-refractivity contribution < 1.29 is 4.79 Å². The molecular weight excluding hydrogens is 232 g/mol. The molecule has 1 aliphatic heterocycles. The van der Waals surface area contributed by atoms with Gasteiger partial charge in [0, 0.05) is 20.0 Å². The number of carbonyl (C=O) groups is 1. The molecule has 0 N–H and O–H groups in total. The summed E-state index contributed by atoms with van der Waals surface area (Å²) in [6.07, 6.45) is 6.88. The van der Waals surface area contributed by atoms with E-state index < -0.39 is 0 Å². The lowest BCUT2D eigenvalue weighted by atomic mass is 9.93. The zero-order valence-electron chi connectivity index (χ0n) is 10.6. The van der Waals surface area contributed by atoms with E-state index in [-0.39, 0.29) is 5.78 Å². The van der Waals surface area contributed by atoms with Crippen LogP contribution < -0.4 is 4.90 Å². The van der Waals surface area contributed by atoms with E-state index in [9.17, 15) is 4.79 Å². The van der Waals surface area contributed by atoms with Crippen molar-refractivity contribution >= 4 is 22.3 Å². The summed E-state index contributed by atoms with van der Waals surface area (Å²) >= 11 is 1.53. The second-order valence-corrected chi connectivity index (χ2v) is 5.79. The number of rotatable bonds is 4. The number of ketones is 1. The molecule has 2 rings (SSSR count). The third kappa shape index (κ3) is 3.06. The van der Waals surface area contributed by atoms with Crippen LogP contribution in [0.3, 0.4) is 0 Å². The molecule has 2 heterocycles. The van der Waals surface area contributed by atoms with Gasteiger partial charge >= 0.3 is 0 Å². The van der Waals surface area contributed by atoms with Crippen LogP contribution in [0.2, 0.25) is 0 Å². The number of hydrogen-bond donors (Lipinski definition) is 0. The predicted molar refractivity (Wildman–Crippen MR) is 72.0 cm³/mol. The number of hydrogen-bond acceptors (Lipinski definition) is 4. The maximum Gasteiger partial charge on any atom is 0.185 e. The molecule has 0 aromatic carbocycles. The van der Waals surface area contributed by atoms with E-state index in [0.717, 1.165) is 29.0 Å². The Balaban J connectivity index is 1.93. The molecule has 1 aromatic heterocycles. The quantitative estimate of drug-likeness (QED) is 0.770. The van der Waals surface area contributed by atoms with Gasteiger partial charge in [0.05, 0.1) is 11.1 Å². The van der Waals surface area contributed by atoms with Crippen LogP contribution in [0, 0.1) is 5.92 Å². The molecule has 17 heavy (non-hydrogen) atoms. The lowest BCUT2D eigenvalue weighted by Gasteiger charge is -2.31. The Hall–Kier alpha value is -0.900. The van der Waals surface area contributed by atoms with Gasteiger partial charge in [0.1, 0.15) is 0 Å². The fraction of sp³-hybridized carbons (Fsp3) is 0.692. The van der Waals surface area contributed by atoms with Crippen molar-refractivity contribution in [3.05, 3.63) is 11.1 Å². The smallest absolute Gasteiger partial charge is 0.185 e. The minimum absolute atomic E-state index is 0.120. The molecule has 0 amide bonds. The topological polar surface area (TPSA) is 33.2 Å². The molecule has 1 aliphatic rings. The molecule has 1 aromatic rings. The number of Topliss-reactive ketones (excluding diaryl/α,β-unsaturated/α-hetero) is 1. The van der Waals surface area contributed by atoms with E-state index in [1.807, 2.05) is 0 Å². The second kappa shape index (κ2) is 5.63. The highest BCUT2D eigenvalue weighted by Gasteiger charge is 2.21. The van der Waals surface area contributed by atoms with Crippen molar-refractivity contribution in [1.82, 2.24) is 4.98 Å². The van der Waals surface area contributed by atoms with Crippen molar-refractivity contribution in [2.24, 2.45) is 5.92 Å². The van der Waals surface area contributed by atoms with Crippen LogP contribution >= 0.6 is 11.3 Å². The summed E-state index contributed by atoms with van der Waals surface area (Å²) in [5.74, 6) is 1.01. The van der Waals surface area contributed by atoms with Crippen LogP contribution in [0.4, 0.5) is 5.13 Å². The van der Waals surface area contributed by atoms with Crippen molar-refractivity contribution in [2.45, 2.75) is 39.5 Å². The van der Waals surface area contributed by atoms with Crippen LogP contribution in [-0.2, 0) is 0 Å². The maximum atomic E-state index is 11.2. The summed E-state index contributed by atoms with van der Waals surface area (Å²) in [7, 11) is 0. The van der Waals surface area contributed by atoms with E-state index >= 15 is 0 Å². The van der Waals surface area contributed by atoms with E-state index in [0.29, 0.717) is 0 Å². The van der Waals surface area contributed by atoms with Gasteiger partial charge in [-0.2, -0.15) is 0 Å². The molecule has 0 aliphatic carbocycles. The standard InChI is InChI=1S/C13H20N2OS/c1-3-4-11-5-7-15(8-6-11)13-14-9-12(17-13)10(2)16/h9,11H,3-8H2,1-2H3. The molecule has 0 saturated carbocycles. The Morgan fingerprint density at radius 1 is 1.53 bits per heavy atom. The Morgan fingerprint density at radius 3 is 2.76 bits per heavy atom. The molecule has 1 fully saturated rings. The number of carbonyl (C=O) groups excluding carboxylic acids is 1. The van der Waals surface area contributed by atoms with Crippen LogP contribution in [0.15, 0.2) is 6.20 Å². The molecule has 94 valence electrons. The molecule has 0 radical (unpaired) electrons. The van der Waals surface area contributed by atoms with Crippen LogP contribution in [0.1, 0.15) is 49.2 Å². The van der Waals surface area contributed by atoms with E-state index in [2.05, 4.69) is 16.8 Å². The molecule has 0 bridgehead atoms. The highest BCUT2D eigenvalue weighted by Crippen LogP contribution is 2.29. The predicted octanol–water partition coefficient (Wildman–Crippen LogP) is 3.36. The van der Waals surface area contributed by atoms with Gasteiger partial charge in [0.25, 0.3) is 0 Å². The monoisotopic (exact) mass is 252 g/mol. The highest BCUT2D eigenvalue weighted by atomic mass is 32.1. The number of piperidine rings is 1. The van der Waals surface area contributed by atoms with Gasteiger partial charge < -0.3 is 4.90 Å². The molecule has 0 unspecified atom stereocenters. The molecule has 4 heteroatoms. The third-order valence-corrected chi connectivity index (χ3v) is 4.58. The summed E-state index contributed by atoms with van der Waals surface area (Å²) < 4.78 is 0. The Labute approximate surface area is 107 Å². The fourth-order valence-corrected chi connectivity index (χ4v) is 3.26. The fourth-order valence-electron chi connectivity index (χ4n) is 2.40. The van der Waals surface area contributed by atoms with Crippen molar-refractivity contribution in [2.75, 3.05) is 18.0 Å². The van der Waals surface area contributed by atoms with Gasteiger partial charge in [0.15, 0.2) is 10.9 Å². The van der Waals surface area contributed by atoms with E-state index in [1.54, 1.807) is 13.1 Å². The van der Waals surface area contributed by atoms with Gasteiger partial charge in [-0.15, -0.1) is 0 Å². The summed E-state index contributed by atoms with van der Waals surface area (Å²) in [5.41, 5.74) is 0.